The molecule has 0 fully saturated rings. The second-order valence-corrected chi connectivity index (χ2v) is 8.50. The number of carbonyl (C=O) groups is 1. The van der Waals surface area contributed by atoms with Crippen molar-refractivity contribution in [1.82, 2.24) is 5.32 Å². The summed E-state index contributed by atoms with van der Waals surface area (Å²) in [7, 11) is -0.542. The summed E-state index contributed by atoms with van der Waals surface area (Å²) in [5, 5.41) is 2.82. The predicted octanol–water partition coefficient (Wildman–Crippen LogP) is 2.61. The van der Waals surface area contributed by atoms with Gasteiger partial charge in [-0.1, -0.05) is 24.3 Å². The summed E-state index contributed by atoms with van der Waals surface area (Å²) in [6.07, 6.45) is 2.53. The topological polar surface area (TPSA) is 84.9 Å². The van der Waals surface area contributed by atoms with Crippen LogP contribution in [0.25, 0.3) is 0 Å². The van der Waals surface area contributed by atoms with Crippen molar-refractivity contribution in [3.63, 3.8) is 0 Å². The minimum Gasteiger partial charge on any atom is -0.497 e. The highest BCUT2D eigenvalue weighted by molar-refractivity contribution is 7.92. The molecule has 0 aliphatic carbocycles. The lowest BCUT2D eigenvalue weighted by molar-refractivity contribution is -0.121. The fraction of sp³-hybridized carbons (Fsp3) is 0.381. The smallest absolute Gasteiger partial charge is 0.243 e. The Bertz CT molecular complexity index is 930. The van der Waals surface area contributed by atoms with Crippen LogP contribution in [0.15, 0.2) is 48.5 Å². The average Bonchev–Trinajstić information content (AvgIpc) is 2.70. The van der Waals surface area contributed by atoms with E-state index in [2.05, 4.69) is 5.32 Å². The Morgan fingerprint density at radius 2 is 1.83 bits per heavy atom. The van der Waals surface area contributed by atoms with Gasteiger partial charge in [-0.3, -0.25) is 9.10 Å². The molecule has 7 nitrogen and oxygen atoms in total. The fourth-order valence-corrected chi connectivity index (χ4v) is 4.27. The van der Waals surface area contributed by atoms with Gasteiger partial charge in [0.2, 0.25) is 15.9 Å². The quantitative estimate of drug-likeness (QED) is 0.597. The number of carbonyl (C=O) groups excluding carboxylic acids is 1. The minimum atomic E-state index is -3.67. The molecule has 0 aliphatic rings. The molecule has 1 unspecified atom stereocenters. The number of ether oxygens (including phenoxy) is 2. The average molecular weight is 421 g/mol. The lowest BCUT2D eigenvalue weighted by Crippen LogP contribution is -2.48. The number of anilines is 1. The van der Waals surface area contributed by atoms with E-state index in [-0.39, 0.29) is 5.91 Å². The molecule has 1 atom stereocenters. The third kappa shape index (κ3) is 6.12. The summed E-state index contributed by atoms with van der Waals surface area (Å²) in [5.41, 5.74) is 1.44. The van der Waals surface area contributed by atoms with Crippen LogP contribution in [0.4, 0.5) is 5.69 Å². The van der Waals surface area contributed by atoms with Crippen LogP contribution in [-0.4, -0.2) is 47.4 Å². The van der Waals surface area contributed by atoms with Gasteiger partial charge in [0.05, 0.1) is 26.2 Å². The first-order valence-corrected chi connectivity index (χ1v) is 11.2. The van der Waals surface area contributed by atoms with Gasteiger partial charge in [-0.05, 0) is 43.5 Å². The van der Waals surface area contributed by atoms with Crippen LogP contribution >= 0.6 is 0 Å². The lowest BCUT2D eigenvalue weighted by Gasteiger charge is -2.28. The van der Waals surface area contributed by atoms with Gasteiger partial charge in [-0.15, -0.1) is 0 Å². The molecule has 0 spiro atoms. The van der Waals surface area contributed by atoms with Crippen molar-refractivity contribution in [3.8, 4) is 11.5 Å². The third-order valence-corrected chi connectivity index (χ3v) is 5.75. The molecule has 0 radical (unpaired) electrons. The molecule has 0 aliphatic heterocycles. The number of hydrogen-bond donors (Lipinski definition) is 1. The SMILES string of the molecule is COc1cccc(N(C(C)C(=O)NCCCc2ccccc2OC)S(C)(=O)=O)c1. The van der Waals surface area contributed by atoms with Gasteiger partial charge in [0.15, 0.2) is 0 Å². The molecule has 29 heavy (non-hydrogen) atoms. The van der Waals surface area contributed by atoms with Crippen molar-refractivity contribution < 1.29 is 22.7 Å². The summed E-state index contributed by atoms with van der Waals surface area (Å²) in [6.45, 7) is 1.99. The fourth-order valence-electron chi connectivity index (χ4n) is 3.10. The van der Waals surface area contributed by atoms with Gasteiger partial charge in [-0.25, -0.2) is 8.42 Å². The Balaban J connectivity index is 2.02. The maximum atomic E-state index is 12.6. The summed E-state index contributed by atoms with van der Waals surface area (Å²) in [4.78, 5) is 12.6. The molecule has 1 N–H and O–H groups in total. The minimum absolute atomic E-state index is 0.363. The Hall–Kier alpha value is -2.74. The maximum Gasteiger partial charge on any atom is 0.243 e. The number of hydrogen-bond acceptors (Lipinski definition) is 5. The van der Waals surface area contributed by atoms with E-state index in [0.717, 1.165) is 28.3 Å². The zero-order valence-electron chi connectivity index (χ0n) is 17.2. The van der Waals surface area contributed by atoms with Crippen molar-refractivity contribution in [1.29, 1.82) is 0 Å². The highest BCUT2D eigenvalue weighted by atomic mass is 32.2. The molecule has 0 heterocycles. The zero-order valence-corrected chi connectivity index (χ0v) is 18.0. The first-order valence-electron chi connectivity index (χ1n) is 9.31. The van der Waals surface area contributed by atoms with Gasteiger partial charge in [-0.2, -0.15) is 0 Å². The molecular formula is C21H28N2O5S. The number of para-hydroxylation sites is 1. The van der Waals surface area contributed by atoms with Crippen LogP contribution in [0, 0.1) is 0 Å². The molecular weight excluding hydrogens is 392 g/mol. The summed E-state index contributed by atoms with van der Waals surface area (Å²) in [6, 6.07) is 13.5. The van der Waals surface area contributed by atoms with Crippen LogP contribution in [0.5, 0.6) is 11.5 Å². The summed E-state index contributed by atoms with van der Waals surface area (Å²) >= 11 is 0. The maximum absolute atomic E-state index is 12.6. The number of benzene rings is 2. The van der Waals surface area contributed by atoms with E-state index in [1.54, 1.807) is 38.3 Å². The van der Waals surface area contributed by atoms with E-state index in [4.69, 9.17) is 9.47 Å². The molecule has 158 valence electrons. The normalized spacial score (nSPS) is 12.1. The van der Waals surface area contributed by atoms with Gasteiger partial charge in [0, 0.05) is 12.6 Å². The molecule has 0 saturated carbocycles. The van der Waals surface area contributed by atoms with Crippen LogP contribution in [0.2, 0.25) is 0 Å². The second-order valence-electron chi connectivity index (χ2n) is 6.64. The number of methoxy groups -OCH3 is 2. The molecule has 2 rings (SSSR count). The number of sulfonamides is 1. The predicted molar refractivity (Wildman–Crippen MR) is 114 cm³/mol. The van der Waals surface area contributed by atoms with Crippen molar-refractivity contribution in [2.45, 2.75) is 25.8 Å². The lowest BCUT2D eigenvalue weighted by atomic mass is 10.1. The standard InChI is InChI=1S/C21H28N2O5S/c1-16(23(29(4,25)26)18-11-7-12-19(15-18)27-2)21(24)22-14-8-10-17-9-5-6-13-20(17)28-3/h5-7,9,11-13,15-16H,8,10,14H2,1-4H3,(H,22,24). The van der Waals surface area contributed by atoms with Crippen molar-refractivity contribution in [3.05, 3.63) is 54.1 Å². The Morgan fingerprint density at radius 1 is 1.10 bits per heavy atom. The summed E-state index contributed by atoms with van der Waals surface area (Å²) in [5.74, 6) is 0.965. The molecule has 0 aromatic heterocycles. The molecule has 8 heteroatoms. The number of aryl methyl sites for hydroxylation is 1. The van der Waals surface area contributed by atoms with E-state index in [1.165, 1.54) is 7.11 Å². The van der Waals surface area contributed by atoms with Crippen LogP contribution in [-0.2, 0) is 21.2 Å². The molecule has 0 saturated heterocycles. The largest absolute Gasteiger partial charge is 0.497 e. The number of nitrogens with one attached hydrogen (secondary N) is 1. The Labute approximate surface area is 172 Å². The first-order chi connectivity index (χ1) is 13.8. The van der Waals surface area contributed by atoms with Crippen LogP contribution in [0.3, 0.4) is 0 Å². The van der Waals surface area contributed by atoms with Gasteiger partial charge >= 0.3 is 0 Å². The number of rotatable bonds is 10. The van der Waals surface area contributed by atoms with E-state index >= 15 is 0 Å². The second kappa shape index (κ2) is 10.2. The van der Waals surface area contributed by atoms with Crippen molar-refractivity contribution in [2.75, 3.05) is 31.3 Å². The van der Waals surface area contributed by atoms with E-state index in [0.29, 0.717) is 24.4 Å². The third-order valence-electron chi connectivity index (χ3n) is 4.51. The number of nitrogens with zero attached hydrogens (tertiary/aromatic N) is 1. The zero-order chi connectivity index (χ0) is 21.4. The van der Waals surface area contributed by atoms with Crippen molar-refractivity contribution >= 4 is 21.6 Å². The van der Waals surface area contributed by atoms with Gasteiger partial charge < -0.3 is 14.8 Å². The van der Waals surface area contributed by atoms with Crippen LogP contribution in [0.1, 0.15) is 18.9 Å². The molecule has 0 bridgehead atoms. The summed E-state index contributed by atoms with van der Waals surface area (Å²) < 4.78 is 36.3. The highest BCUT2D eigenvalue weighted by Crippen LogP contribution is 2.25. The van der Waals surface area contributed by atoms with E-state index < -0.39 is 16.1 Å². The van der Waals surface area contributed by atoms with Gasteiger partial charge in [0.1, 0.15) is 17.5 Å². The van der Waals surface area contributed by atoms with Crippen LogP contribution < -0.4 is 19.1 Å². The highest BCUT2D eigenvalue weighted by Gasteiger charge is 2.29. The van der Waals surface area contributed by atoms with E-state index in [1.807, 2.05) is 24.3 Å². The molecule has 2 aromatic carbocycles. The Morgan fingerprint density at radius 3 is 2.48 bits per heavy atom. The molecule has 1 amide bonds. The van der Waals surface area contributed by atoms with Gasteiger partial charge in [0.25, 0.3) is 0 Å². The molecule has 2 aromatic rings. The number of amides is 1. The van der Waals surface area contributed by atoms with E-state index in [9.17, 15) is 13.2 Å². The van der Waals surface area contributed by atoms with Crippen molar-refractivity contribution in [2.24, 2.45) is 0 Å². The Kier molecular flexibility index (Phi) is 7.90. The first kappa shape index (κ1) is 22.5. The monoisotopic (exact) mass is 420 g/mol.